The molecule has 0 atom stereocenters. The van der Waals surface area contributed by atoms with Crippen molar-refractivity contribution < 1.29 is 13.2 Å². The van der Waals surface area contributed by atoms with E-state index in [0.29, 0.717) is 25.3 Å². The molecule has 1 aliphatic heterocycles. The summed E-state index contributed by atoms with van der Waals surface area (Å²) in [5.41, 5.74) is 2.57. The lowest BCUT2D eigenvalue weighted by molar-refractivity contribution is 0.234. The van der Waals surface area contributed by atoms with Crippen LogP contribution < -0.4 is 0 Å². The first kappa shape index (κ1) is 16.7. The zero-order valence-electron chi connectivity index (χ0n) is 13.9. The van der Waals surface area contributed by atoms with Gasteiger partial charge in [0.1, 0.15) is 5.82 Å². The van der Waals surface area contributed by atoms with Gasteiger partial charge in [-0.25, -0.2) is 23.1 Å². The Morgan fingerprint density at radius 3 is 2.54 bits per heavy atom. The Morgan fingerprint density at radius 2 is 1.73 bits per heavy atom. The predicted molar refractivity (Wildman–Crippen MR) is 91.6 cm³/mol. The molecule has 0 fully saturated rings. The third kappa shape index (κ3) is 3.20. The van der Waals surface area contributed by atoms with Crippen molar-refractivity contribution in [2.45, 2.75) is 19.5 Å². The van der Waals surface area contributed by atoms with Gasteiger partial charge in [0.25, 0.3) is 0 Å². The normalized spacial score (nSPS) is 14.3. The molecule has 26 heavy (non-hydrogen) atoms. The van der Waals surface area contributed by atoms with E-state index in [0.717, 1.165) is 29.0 Å². The molecule has 2 heterocycles. The maximum atomic E-state index is 13.9. The highest BCUT2D eigenvalue weighted by Gasteiger charge is 2.22. The van der Waals surface area contributed by atoms with E-state index < -0.39 is 17.5 Å². The number of rotatable bonds is 3. The fraction of sp³-hybridized carbons (Fsp3) is 0.200. The van der Waals surface area contributed by atoms with Crippen LogP contribution in [0.15, 0.2) is 48.7 Å². The van der Waals surface area contributed by atoms with E-state index in [2.05, 4.69) is 9.97 Å². The van der Waals surface area contributed by atoms with Crippen LogP contribution in [0.1, 0.15) is 16.8 Å². The van der Waals surface area contributed by atoms with Crippen LogP contribution in [0.3, 0.4) is 0 Å². The Balaban J connectivity index is 1.55. The van der Waals surface area contributed by atoms with Crippen LogP contribution in [0, 0.1) is 17.5 Å². The van der Waals surface area contributed by atoms with E-state index in [-0.39, 0.29) is 12.1 Å². The number of fused-ring (bicyclic) bond motifs is 1. The first-order valence-corrected chi connectivity index (χ1v) is 8.37. The van der Waals surface area contributed by atoms with Crippen molar-refractivity contribution in [3.05, 3.63) is 82.9 Å². The highest BCUT2D eigenvalue weighted by molar-refractivity contribution is 5.54. The molecule has 0 saturated heterocycles. The molecule has 0 radical (unpaired) electrons. The minimum Gasteiger partial charge on any atom is -0.294 e. The minimum atomic E-state index is -1.12. The topological polar surface area (TPSA) is 29.0 Å². The van der Waals surface area contributed by atoms with Crippen molar-refractivity contribution in [2.24, 2.45) is 0 Å². The van der Waals surface area contributed by atoms with Crippen molar-refractivity contribution in [1.82, 2.24) is 14.9 Å². The van der Waals surface area contributed by atoms with Crippen LogP contribution in [-0.4, -0.2) is 21.4 Å². The Morgan fingerprint density at radius 1 is 0.962 bits per heavy atom. The minimum absolute atomic E-state index is 0.00923. The van der Waals surface area contributed by atoms with Crippen LogP contribution in [-0.2, 0) is 19.5 Å². The van der Waals surface area contributed by atoms with Gasteiger partial charge >= 0.3 is 0 Å². The Labute approximate surface area is 149 Å². The zero-order chi connectivity index (χ0) is 18.1. The summed E-state index contributed by atoms with van der Waals surface area (Å²) in [5, 5.41) is 0. The van der Waals surface area contributed by atoms with Gasteiger partial charge in [-0.15, -0.1) is 0 Å². The van der Waals surface area contributed by atoms with Crippen LogP contribution in [0.5, 0.6) is 0 Å². The summed E-state index contributed by atoms with van der Waals surface area (Å²) in [5.74, 6) is -2.22. The summed E-state index contributed by atoms with van der Waals surface area (Å²) < 4.78 is 41.1. The third-order valence-corrected chi connectivity index (χ3v) is 4.57. The molecule has 3 nitrogen and oxygen atoms in total. The fourth-order valence-electron chi connectivity index (χ4n) is 3.17. The Hall–Kier alpha value is -2.73. The van der Waals surface area contributed by atoms with E-state index in [9.17, 15) is 13.2 Å². The van der Waals surface area contributed by atoms with E-state index in [1.54, 1.807) is 6.20 Å². The quantitative estimate of drug-likeness (QED) is 0.662. The van der Waals surface area contributed by atoms with Crippen molar-refractivity contribution in [1.29, 1.82) is 0 Å². The van der Waals surface area contributed by atoms with Crippen molar-refractivity contribution in [3.8, 4) is 11.4 Å². The second kappa shape index (κ2) is 6.88. The number of nitrogens with zero attached hydrogens (tertiary/aromatic N) is 3. The molecule has 0 saturated carbocycles. The lowest BCUT2D eigenvalue weighted by Crippen LogP contribution is -2.31. The Kier molecular flexibility index (Phi) is 4.42. The molecule has 0 amide bonds. The largest absolute Gasteiger partial charge is 0.294 e. The number of hydrogen-bond donors (Lipinski definition) is 0. The molecule has 1 aliphatic rings. The standard InChI is InChI=1S/C20H16F3N3/c21-16-6-7-17(22)19(23)15(16)12-26-9-8-18-14(11-26)10-24-20(25-18)13-4-2-1-3-5-13/h1-7,10H,8-9,11-12H2. The fourth-order valence-corrected chi connectivity index (χ4v) is 3.17. The zero-order valence-corrected chi connectivity index (χ0v) is 13.9. The highest BCUT2D eigenvalue weighted by Crippen LogP contribution is 2.24. The van der Waals surface area contributed by atoms with Gasteiger partial charge in [-0.1, -0.05) is 30.3 Å². The SMILES string of the molecule is Fc1ccc(F)c(CN2CCc3nc(-c4ccccc4)ncc3C2)c1F. The van der Waals surface area contributed by atoms with Gasteiger partial charge in [-0.3, -0.25) is 4.90 Å². The lowest BCUT2D eigenvalue weighted by Gasteiger charge is -2.28. The summed E-state index contributed by atoms with van der Waals surface area (Å²) in [7, 11) is 0. The number of aromatic nitrogens is 2. The number of halogens is 3. The average Bonchev–Trinajstić information content (AvgIpc) is 2.68. The maximum Gasteiger partial charge on any atom is 0.166 e. The molecule has 0 unspecified atom stereocenters. The summed E-state index contributed by atoms with van der Waals surface area (Å²) in [6, 6.07) is 11.5. The summed E-state index contributed by atoms with van der Waals surface area (Å²) in [6.45, 7) is 1.07. The van der Waals surface area contributed by atoms with Crippen LogP contribution in [0.4, 0.5) is 13.2 Å². The van der Waals surface area contributed by atoms with Gasteiger partial charge in [0, 0.05) is 48.9 Å². The summed E-state index contributed by atoms with van der Waals surface area (Å²) >= 11 is 0. The van der Waals surface area contributed by atoms with E-state index in [1.165, 1.54) is 0 Å². The summed E-state index contributed by atoms with van der Waals surface area (Å²) in [4.78, 5) is 10.9. The molecule has 0 bridgehead atoms. The van der Waals surface area contributed by atoms with Crippen molar-refractivity contribution in [2.75, 3.05) is 6.54 Å². The van der Waals surface area contributed by atoms with Gasteiger partial charge in [0.15, 0.2) is 17.5 Å². The van der Waals surface area contributed by atoms with Gasteiger partial charge in [-0.2, -0.15) is 0 Å². The van der Waals surface area contributed by atoms with Gasteiger partial charge in [0.2, 0.25) is 0 Å². The van der Waals surface area contributed by atoms with Crippen molar-refractivity contribution >= 4 is 0 Å². The second-order valence-corrected chi connectivity index (χ2v) is 6.31. The number of benzene rings is 2. The molecule has 3 aromatic rings. The van der Waals surface area contributed by atoms with Crippen LogP contribution in [0.25, 0.3) is 11.4 Å². The average molecular weight is 355 g/mol. The van der Waals surface area contributed by atoms with E-state index >= 15 is 0 Å². The maximum absolute atomic E-state index is 13.9. The lowest BCUT2D eigenvalue weighted by atomic mass is 10.1. The van der Waals surface area contributed by atoms with Gasteiger partial charge < -0.3 is 0 Å². The van der Waals surface area contributed by atoms with E-state index in [4.69, 9.17) is 0 Å². The number of hydrogen-bond acceptors (Lipinski definition) is 3. The first-order chi connectivity index (χ1) is 12.6. The van der Waals surface area contributed by atoms with Gasteiger partial charge in [0.05, 0.1) is 5.69 Å². The van der Waals surface area contributed by atoms with Crippen LogP contribution >= 0.6 is 0 Å². The molecule has 0 aliphatic carbocycles. The summed E-state index contributed by atoms with van der Waals surface area (Å²) in [6.07, 6.45) is 2.41. The molecule has 1 aromatic heterocycles. The molecule has 2 aromatic carbocycles. The third-order valence-electron chi connectivity index (χ3n) is 4.57. The molecule has 6 heteroatoms. The molecular formula is C20H16F3N3. The monoisotopic (exact) mass is 355 g/mol. The highest BCUT2D eigenvalue weighted by atomic mass is 19.2. The van der Waals surface area contributed by atoms with E-state index in [1.807, 2.05) is 35.2 Å². The first-order valence-electron chi connectivity index (χ1n) is 8.37. The Bertz CT molecular complexity index is 945. The predicted octanol–water partition coefficient (Wildman–Crippen LogP) is 4.12. The van der Waals surface area contributed by atoms with Gasteiger partial charge in [-0.05, 0) is 12.1 Å². The second-order valence-electron chi connectivity index (χ2n) is 6.31. The molecule has 4 rings (SSSR count). The molecule has 0 N–H and O–H groups in total. The molecule has 132 valence electrons. The van der Waals surface area contributed by atoms with Crippen LogP contribution in [0.2, 0.25) is 0 Å². The molecular weight excluding hydrogens is 339 g/mol. The van der Waals surface area contributed by atoms with Crippen molar-refractivity contribution in [3.63, 3.8) is 0 Å². The smallest absolute Gasteiger partial charge is 0.166 e. The molecule has 0 spiro atoms.